The summed E-state index contributed by atoms with van der Waals surface area (Å²) in [6.07, 6.45) is 35.5. The molecule has 20 heterocycles. The fourth-order valence-electron chi connectivity index (χ4n) is 11.9. The number of aromatic amines is 1. The second-order valence-corrected chi connectivity index (χ2v) is 34.1. The summed E-state index contributed by atoms with van der Waals surface area (Å²) >= 11 is 29.0. The molecule has 11 N–H and O–H groups in total. The van der Waals surface area contributed by atoms with Crippen LogP contribution in [-0.4, -0.2) is 189 Å². The van der Waals surface area contributed by atoms with Crippen LogP contribution >= 0.6 is 97.3 Å². The van der Waals surface area contributed by atoms with E-state index >= 15 is 0 Å². The molecule has 0 aliphatic heterocycles. The molecule has 0 fully saturated rings. The predicted molar refractivity (Wildman–Crippen MR) is 549 cm³/mol. The maximum atomic E-state index is 13.2. The zero-order valence-corrected chi connectivity index (χ0v) is 88.4. The molecule has 138 heavy (non-hydrogen) atoms. The third-order valence-corrected chi connectivity index (χ3v) is 19.4. The van der Waals surface area contributed by atoms with Crippen molar-refractivity contribution in [1.29, 1.82) is 5.26 Å². The standard InChI is InChI=1S/C13H11ClFN5.C10H13N3.C9H7N3.2C9H11N3.C8H8ClIN4.C8H10ClN5.C7H6N2.C5H5BFNO2.C5H4ClN5.C3H7Br.C3H8.CN.ClH.K/c1-7(2)20-6-17-10-11(14)18-12(19-13(10)20)8-3-9(15)5-16-4-8;1-12(2)8-9-7-11-10-5-3-4-6-13(9)10;1-10-6-8-7-11-9-4-2-3-5-12(8)9;2*10-5-4-8-7-11-9-3-1-2-6-12(8)9;2*1-4(2)14-3-11-5-6(9)12-8(10)13-7(5)14;1-2-5-9-6-4-8-7(9)3-1;7-5-1-4(6(9)10)2-8-3-5;6-3-2-4(9-1-8-2)11-5(7)10-3;1-3(2)4;1-3-2;1-2;;/h3-7H,1-2H3;3-7H,8H2,1-2H3;2-5,7H,6H2;2*1-3,6-7H,4-5,10H2;3-4H,1-2H3;3-4H,1-2H3,(H2,10,12,13);1-6H;1-3,9-10H;1H,(H3,7,8,9,10,11);3H,1-2H3;3H2,1-2H3;;1H;/q;;;;;;;;;;;;-1;;+1. The Morgan fingerprint density at radius 2 is 0.920 bits per heavy atom. The van der Waals surface area contributed by atoms with E-state index in [2.05, 4.69) is 194 Å². The molecular weight excluding hydrogens is 2080 g/mol. The molecule has 0 unspecified atom stereocenters. The number of H-pyrrole nitrogens is 1. The second-order valence-electron chi connectivity index (χ2n) is 29.9. The molecular formula is C90H102BBrCl5F2IKN35O2. The van der Waals surface area contributed by atoms with Gasteiger partial charge in [-0.2, -0.15) is 19.9 Å². The minimum Gasteiger partial charge on any atom is -0.512 e. The first-order valence-electron chi connectivity index (χ1n) is 41.9. The molecule has 0 amide bonds. The van der Waals surface area contributed by atoms with E-state index in [1.54, 1.807) is 31.4 Å². The summed E-state index contributed by atoms with van der Waals surface area (Å²) in [4.78, 5) is 86.0. The van der Waals surface area contributed by atoms with Gasteiger partial charge < -0.3 is 90.8 Å². The molecule has 20 aromatic rings. The number of aromatic nitrogens is 28. The van der Waals surface area contributed by atoms with Crippen molar-refractivity contribution in [2.75, 3.05) is 38.7 Å². The third kappa shape index (κ3) is 34.3. The minimum absolute atomic E-state index is 0. The number of nitrogens with two attached hydrogens (primary N) is 4. The minimum atomic E-state index is -1.65. The Kier molecular flexibility index (Phi) is 49.4. The number of nitrogens with one attached hydrogen (secondary N) is 1. The van der Waals surface area contributed by atoms with Crippen LogP contribution in [0.3, 0.4) is 0 Å². The number of anilines is 2. The molecule has 0 radical (unpaired) electrons. The molecule has 0 aliphatic rings. The summed E-state index contributed by atoms with van der Waals surface area (Å²) in [5, 5.41) is 24.5. The zero-order chi connectivity index (χ0) is 99.1. The van der Waals surface area contributed by atoms with Crippen molar-refractivity contribution in [3.63, 3.8) is 0 Å². The summed E-state index contributed by atoms with van der Waals surface area (Å²) < 4.78 is 42.0. The van der Waals surface area contributed by atoms with Crippen molar-refractivity contribution in [3.8, 4) is 11.4 Å². The van der Waals surface area contributed by atoms with Crippen LogP contribution in [0.15, 0.2) is 221 Å². The average molecular weight is 2180 g/mol. The van der Waals surface area contributed by atoms with Crippen LogP contribution in [0.2, 0.25) is 20.6 Å². The van der Waals surface area contributed by atoms with Crippen LogP contribution in [0, 0.1) is 33.9 Å². The molecule has 0 saturated carbocycles. The molecule has 0 aliphatic carbocycles. The van der Waals surface area contributed by atoms with Gasteiger partial charge in [-0.3, -0.25) is 14.4 Å². The first-order chi connectivity index (χ1) is 65.3. The van der Waals surface area contributed by atoms with Crippen molar-refractivity contribution in [2.45, 2.75) is 125 Å². The van der Waals surface area contributed by atoms with Crippen LogP contribution in [-0.2, 0) is 25.9 Å². The summed E-state index contributed by atoms with van der Waals surface area (Å²) in [6.45, 7) is 34.8. The Hall–Kier alpha value is -11.4. The van der Waals surface area contributed by atoms with Crippen LogP contribution in [0.4, 0.5) is 20.7 Å². The summed E-state index contributed by atoms with van der Waals surface area (Å²) in [5.74, 6) is -0.387. The van der Waals surface area contributed by atoms with E-state index in [0.717, 1.165) is 77.4 Å². The number of halogens is 9. The molecule has 0 spiro atoms. The first-order valence-corrected chi connectivity index (χ1v) is 45.4. The fraction of sp³-hybridized carbons (Fsp3) is 0.256. The number of fused-ring (bicyclic) bond motifs is 9. The number of rotatable bonds is 12. The van der Waals surface area contributed by atoms with E-state index in [1.165, 1.54) is 48.3 Å². The largest absolute Gasteiger partial charge is 1.00 e. The van der Waals surface area contributed by atoms with Gasteiger partial charge in [0, 0.05) is 156 Å². The molecule has 0 saturated heterocycles. The Balaban J connectivity index is 0.000000234. The normalized spacial score (nSPS) is 10.4. The van der Waals surface area contributed by atoms with Gasteiger partial charge in [-0.05, 0) is 142 Å². The van der Waals surface area contributed by atoms with Crippen molar-refractivity contribution in [2.24, 2.45) is 11.5 Å². The second kappa shape index (κ2) is 59.1. The molecule has 48 heteroatoms. The van der Waals surface area contributed by atoms with Gasteiger partial charge in [0.25, 0.3) is 6.54 Å². The van der Waals surface area contributed by atoms with Crippen molar-refractivity contribution >= 4 is 195 Å². The zero-order valence-electron chi connectivity index (χ0n) is 77.7. The first kappa shape index (κ1) is 115. The van der Waals surface area contributed by atoms with Gasteiger partial charge >= 0.3 is 58.5 Å². The Labute approximate surface area is 885 Å². The molecule has 716 valence electrons. The fourth-order valence-corrected chi connectivity index (χ4v) is 13.4. The Bertz CT molecular complexity index is 6970. The van der Waals surface area contributed by atoms with Crippen LogP contribution in [0.1, 0.15) is 117 Å². The average Bonchev–Trinajstić information content (AvgIpc) is 1.62. The monoisotopic (exact) mass is 2170 g/mol. The van der Waals surface area contributed by atoms with E-state index in [9.17, 15) is 8.78 Å². The Morgan fingerprint density at radius 1 is 0.514 bits per heavy atom. The van der Waals surface area contributed by atoms with E-state index in [-0.39, 0.29) is 98.4 Å². The van der Waals surface area contributed by atoms with Gasteiger partial charge in [0.05, 0.1) is 55.8 Å². The number of hydrogen-bond acceptors (Lipinski definition) is 27. The molecule has 0 bridgehead atoms. The topological polar surface area (TPSA) is 473 Å². The maximum Gasteiger partial charge on any atom is 1.00 e. The van der Waals surface area contributed by atoms with Crippen LogP contribution in [0.25, 0.3) is 89.1 Å². The number of hydrogen-bond donors (Lipinski definition) is 7. The van der Waals surface area contributed by atoms with Gasteiger partial charge in [0.2, 0.25) is 11.9 Å². The molecule has 37 nitrogen and oxygen atoms in total. The molecule has 0 atom stereocenters. The summed E-state index contributed by atoms with van der Waals surface area (Å²) in [6, 6.07) is 32.8. The van der Waals surface area contributed by atoms with E-state index in [0.29, 0.717) is 100 Å². The predicted octanol–water partition coefficient (Wildman–Crippen LogP) is 13.9. The molecule has 20 aromatic heterocycles. The van der Waals surface area contributed by atoms with Gasteiger partial charge in [-0.25, -0.2) is 80.1 Å². The number of alkyl halides is 1. The van der Waals surface area contributed by atoms with E-state index in [4.69, 9.17) is 97.8 Å². The number of nitrogens with zero attached hydrogens (tertiary/aromatic N) is 30. The third-order valence-electron chi connectivity index (χ3n) is 17.8. The maximum absolute atomic E-state index is 13.2. The smallest absolute Gasteiger partial charge is 0.512 e. The van der Waals surface area contributed by atoms with Gasteiger partial charge in [-0.15, -0.1) is 12.4 Å². The van der Waals surface area contributed by atoms with Crippen molar-refractivity contribution < 1.29 is 70.2 Å². The van der Waals surface area contributed by atoms with Crippen molar-refractivity contribution in [1.82, 2.24) is 140 Å². The van der Waals surface area contributed by atoms with E-state index in [1.807, 2.05) is 220 Å². The van der Waals surface area contributed by atoms with Gasteiger partial charge in [0.1, 0.15) is 67.6 Å². The Morgan fingerprint density at radius 3 is 1.36 bits per heavy atom. The van der Waals surface area contributed by atoms with E-state index < -0.39 is 18.8 Å². The number of nitrogen functional groups attached to an aromatic ring is 2. The number of imidazole rings is 9. The SMILES string of the molecule is CC(C)Br.CC(C)n1cnc2c(Cl)nc(-c3cncc(F)c3)nc21.CC(C)n1cnc2c(Cl)nc(I)nc21.CC(C)n1cnc2c(Cl)nc(N)nc21.CCC.CN(C)Cc1cnc2ccccn12.Cl.NCCc1cnc2ccccn12.NCCc1cnc2ccccn12.Nc1nc(Cl)c2[nH]cnc2n1.OB(O)c1cncc(F)c1.[C-]#N.[C-]#[N+]Cc1cnc2ccccn12.[K+].c1ccn2ccnc2c1. The quantitative estimate of drug-likeness (QED) is 0.0149. The summed E-state index contributed by atoms with van der Waals surface area (Å²) in [7, 11) is 2.47. The van der Waals surface area contributed by atoms with Gasteiger partial charge in [0.15, 0.2) is 52.9 Å². The van der Waals surface area contributed by atoms with Gasteiger partial charge in [-0.1, -0.05) is 127 Å². The molecule has 0 aromatic carbocycles. The molecule has 20 rings (SSSR count). The number of pyridine rings is 7. The van der Waals surface area contributed by atoms with Crippen LogP contribution < -0.4 is 79.8 Å². The summed E-state index contributed by atoms with van der Waals surface area (Å²) in [5.41, 5.74) is 36.7. The van der Waals surface area contributed by atoms with Crippen LogP contribution in [0.5, 0.6) is 0 Å². The van der Waals surface area contributed by atoms with Crippen molar-refractivity contribution in [3.05, 3.63) is 298 Å².